The monoisotopic (exact) mass is 263 g/mol. The van der Waals surface area contributed by atoms with Gasteiger partial charge in [-0.1, -0.05) is 0 Å². The second-order valence-electron chi connectivity index (χ2n) is 5.43. The fourth-order valence-electron chi connectivity index (χ4n) is 2.70. The molecular formula is C16H25NO2. The van der Waals surface area contributed by atoms with Crippen molar-refractivity contribution in [1.82, 2.24) is 0 Å². The third kappa shape index (κ3) is 3.35. The number of hydrogen-bond acceptors (Lipinski definition) is 2. The summed E-state index contributed by atoms with van der Waals surface area (Å²) in [5.41, 5.74) is 13.9. The summed E-state index contributed by atoms with van der Waals surface area (Å²) in [6.07, 6.45) is 1.53. The van der Waals surface area contributed by atoms with Crippen LogP contribution in [-0.4, -0.2) is 11.1 Å². The van der Waals surface area contributed by atoms with Crippen molar-refractivity contribution in [1.29, 1.82) is 0 Å². The van der Waals surface area contributed by atoms with Crippen molar-refractivity contribution in [2.24, 2.45) is 5.73 Å². The van der Waals surface area contributed by atoms with Gasteiger partial charge in [0, 0.05) is 12.5 Å². The Morgan fingerprint density at radius 3 is 1.84 bits per heavy atom. The lowest BCUT2D eigenvalue weighted by Gasteiger charge is -2.23. The number of benzene rings is 1. The minimum absolute atomic E-state index is 0.0719. The fourth-order valence-corrected chi connectivity index (χ4v) is 2.70. The van der Waals surface area contributed by atoms with Crippen LogP contribution in [0, 0.1) is 34.6 Å². The minimum atomic E-state index is -0.753. The van der Waals surface area contributed by atoms with E-state index in [0.717, 1.165) is 6.42 Å². The molecule has 19 heavy (non-hydrogen) atoms. The second-order valence-corrected chi connectivity index (χ2v) is 5.43. The number of rotatable bonds is 5. The first-order valence-corrected chi connectivity index (χ1v) is 6.81. The predicted molar refractivity (Wildman–Crippen MR) is 78.5 cm³/mol. The Bertz CT molecular complexity index is 463. The summed E-state index contributed by atoms with van der Waals surface area (Å²) in [7, 11) is 0. The summed E-state index contributed by atoms with van der Waals surface area (Å²) < 4.78 is 0. The van der Waals surface area contributed by atoms with Gasteiger partial charge in [0.1, 0.15) is 0 Å². The van der Waals surface area contributed by atoms with Crippen LogP contribution in [0.1, 0.15) is 58.7 Å². The lowest BCUT2D eigenvalue weighted by atomic mass is 9.85. The maximum Gasteiger partial charge on any atom is 0.303 e. The topological polar surface area (TPSA) is 63.3 Å². The van der Waals surface area contributed by atoms with E-state index in [4.69, 9.17) is 10.8 Å². The molecule has 0 aliphatic carbocycles. The van der Waals surface area contributed by atoms with Crippen LogP contribution in [0.5, 0.6) is 0 Å². The van der Waals surface area contributed by atoms with Gasteiger partial charge in [-0.25, -0.2) is 0 Å². The van der Waals surface area contributed by atoms with Gasteiger partial charge in [0.05, 0.1) is 0 Å². The number of carboxylic acids is 1. The first-order chi connectivity index (χ1) is 8.77. The van der Waals surface area contributed by atoms with Crippen LogP contribution in [0.25, 0.3) is 0 Å². The second kappa shape index (κ2) is 6.20. The number of carbonyl (C=O) groups is 1. The molecule has 0 radical (unpaired) electrons. The average Bonchev–Trinajstić information content (AvgIpc) is 2.34. The van der Waals surface area contributed by atoms with Crippen molar-refractivity contribution in [3.05, 3.63) is 33.4 Å². The highest BCUT2D eigenvalue weighted by atomic mass is 16.4. The van der Waals surface area contributed by atoms with E-state index in [-0.39, 0.29) is 12.5 Å². The molecule has 3 N–H and O–H groups in total. The number of carboxylic acid groups (broad SMARTS) is 1. The SMILES string of the molecule is Cc1c(C)c(C)c(C(N)CCCC(=O)O)c(C)c1C. The standard InChI is InChI=1S/C16H25NO2/c1-9-10(2)12(4)16(13(5)11(9)3)14(17)7-6-8-15(18)19/h14H,6-8,17H2,1-5H3,(H,18,19). The molecule has 1 rings (SSSR count). The maximum absolute atomic E-state index is 10.6. The maximum atomic E-state index is 10.6. The molecule has 3 nitrogen and oxygen atoms in total. The summed E-state index contributed by atoms with van der Waals surface area (Å²) >= 11 is 0. The zero-order valence-corrected chi connectivity index (χ0v) is 12.6. The van der Waals surface area contributed by atoms with Gasteiger partial charge in [-0.15, -0.1) is 0 Å². The Morgan fingerprint density at radius 2 is 1.42 bits per heavy atom. The normalized spacial score (nSPS) is 12.5. The lowest BCUT2D eigenvalue weighted by molar-refractivity contribution is -0.137. The van der Waals surface area contributed by atoms with Crippen molar-refractivity contribution < 1.29 is 9.90 Å². The van der Waals surface area contributed by atoms with E-state index in [1.807, 2.05) is 0 Å². The van der Waals surface area contributed by atoms with Gasteiger partial charge in [-0.2, -0.15) is 0 Å². The molecule has 3 heteroatoms. The van der Waals surface area contributed by atoms with E-state index >= 15 is 0 Å². The Morgan fingerprint density at radius 1 is 1.00 bits per heavy atom. The van der Waals surface area contributed by atoms with Crippen LogP contribution >= 0.6 is 0 Å². The molecule has 106 valence electrons. The number of nitrogens with two attached hydrogens (primary N) is 1. The predicted octanol–water partition coefficient (Wildman–Crippen LogP) is 3.48. The smallest absolute Gasteiger partial charge is 0.303 e. The molecule has 1 atom stereocenters. The molecule has 0 aliphatic rings. The molecular weight excluding hydrogens is 238 g/mol. The first kappa shape index (κ1) is 15.7. The third-order valence-electron chi connectivity index (χ3n) is 4.33. The van der Waals surface area contributed by atoms with Crippen molar-refractivity contribution in [2.45, 2.75) is 59.9 Å². The molecule has 0 bridgehead atoms. The zero-order chi connectivity index (χ0) is 14.7. The Labute approximate surface area is 115 Å². The molecule has 0 spiro atoms. The van der Waals surface area contributed by atoms with Gasteiger partial charge in [0.2, 0.25) is 0 Å². The molecule has 1 unspecified atom stereocenters. The Hall–Kier alpha value is -1.35. The number of aliphatic carboxylic acids is 1. The van der Waals surface area contributed by atoms with Crippen molar-refractivity contribution >= 4 is 5.97 Å². The van der Waals surface area contributed by atoms with Gasteiger partial charge in [0.15, 0.2) is 0 Å². The van der Waals surface area contributed by atoms with E-state index in [2.05, 4.69) is 34.6 Å². The first-order valence-electron chi connectivity index (χ1n) is 6.81. The van der Waals surface area contributed by atoms with Crippen LogP contribution in [0.4, 0.5) is 0 Å². The van der Waals surface area contributed by atoms with Gasteiger partial charge in [-0.05, 0) is 80.8 Å². The molecule has 0 saturated heterocycles. The molecule has 0 saturated carbocycles. The third-order valence-corrected chi connectivity index (χ3v) is 4.33. The van der Waals surface area contributed by atoms with Crippen molar-refractivity contribution in [3.8, 4) is 0 Å². The van der Waals surface area contributed by atoms with E-state index in [0.29, 0.717) is 6.42 Å². The summed E-state index contributed by atoms with van der Waals surface area (Å²) in [5.74, 6) is -0.753. The average molecular weight is 263 g/mol. The molecule has 0 amide bonds. The molecule has 0 aliphatic heterocycles. The molecule has 1 aromatic carbocycles. The van der Waals surface area contributed by atoms with Crippen LogP contribution < -0.4 is 5.73 Å². The van der Waals surface area contributed by atoms with E-state index < -0.39 is 5.97 Å². The van der Waals surface area contributed by atoms with Crippen molar-refractivity contribution in [2.75, 3.05) is 0 Å². The molecule has 0 fully saturated rings. The van der Waals surface area contributed by atoms with Crippen molar-refractivity contribution in [3.63, 3.8) is 0 Å². The Kier molecular flexibility index (Phi) is 5.12. The van der Waals surface area contributed by atoms with Gasteiger partial charge in [-0.3, -0.25) is 4.79 Å². The van der Waals surface area contributed by atoms with Gasteiger partial charge < -0.3 is 10.8 Å². The molecule has 0 aromatic heterocycles. The lowest BCUT2D eigenvalue weighted by Crippen LogP contribution is -2.16. The van der Waals surface area contributed by atoms with E-state index in [9.17, 15) is 4.79 Å². The van der Waals surface area contributed by atoms with Crippen LogP contribution in [0.3, 0.4) is 0 Å². The quantitative estimate of drug-likeness (QED) is 0.854. The van der Waals surface area contributed by atoms with E-state index in [1.165, 1.54) is 33.4 Å². The van der Waals surface area contributed by atoms with E-state index in [1.54, 1.807) is 0 Å². The zero-order valence-electron chi connectivity index (χ0n) is 12.6. The van der Waals surface area contributed by atoms with Gasteiger partial charge in [0.25, 0.3) is 0 Å². The number of hydrogen-bond donors (Lipinski definition) is 2. The van der Waals surface area contributed by atoms with Crippen LogP contribution in [0.2, 0.25) is 0 Å². The van der Waals surface area contributed by atoms with Crippen LogP contribution in [0.15, 0.2) is 0 Å². The summed E-state index contributed by atoms with van der Waals surface area (Å²) in [6.45, 7) is 10.6. The minimum Gasteiger partial charge on any atom is -0.481 e. The van der Waals surface area contributed by atoms with Crippen LogP contribution in [-0.2, 0) is 4.79 Å². The largest absolute Gasteiger partial charge is 0.481 e. The molecule has 0 heterocycles. The summed E-state index contributed by atoms with van der Waals surface area (Å²) in [5, 5.41) is 8.69. The highest BCUT2D eigenvalue weighted by Crippen LogP contribution is 2.31. The highest BCUT2D eigenvalue weighted by Gasteiger charge is 2.17. The summed E-state index contributed by atoms with van der Waals surface area (Å²) in [4.78, 5) is 10.6. The fraction of sp³-hybridized carbons (Fsp3) is 0.562. The van der Waals surface area contributed by atoms with Gasteiger partial charge >= 0.3 is 5.97 Å². The highest BCUT2D eigenvalue weighted by molar-refractivity contribution is 5.66. The summed E-state index contributed by atoms with van der Waals surface area (Å²) in [6, 6.07) is -0.0719. The Balaban J connectivity index is 3.03. The molecule has 1 aromatic rings.